The number of thiophene rings is 1. The molecule has 0 aliphatic carbocycles. The number of hydrogen-bond donors (Lipinski definition) is 0. The molecule has 0 bridgehead atoms. The van der Waals surface area contributed by atoms with Crippen LogP contribution in [0.4, 0.5) is 0 Å². The molecule has 2 heterocycles. The Morgan fingerprint density at radius 3 is 2.50 bits per heavy atom. The number of nitrogens with zero attached hydrogens (tertiary/aromatic N) is 2. The summed E-state index contributed by atoms with van der Waals surface area (Å²) in [5.74, 6) is -0.0592. The van der Waals surface area contributed by atoms with Crippen molar-refractivity contribution in [3.63, 3.8) is 0 Å². The van der Waals surface area contributed by atoms with Gasteiger partial charge in [-0.25, -0.2) is 9.48 Å². The molecule has 0 aliphatic rings. The van der Waals surface area contributed by atoms with Crippen molar-refractivity contribution in [3.05, 3.63) is 87.9 Å². The lowest BCUT2D eigenvalue weighted by molar-refractivity contribution is 0.0479. The molecule has 0 radical (unpaired) electrons. The van der Waals surface area contributed by atoms with E-state index in [0.717, 1.165) is 38.1 Å². The van der Waals surface area contributed by atoms with E-state index in [1.165, 1.54) is 11.3 Å². The molecule has 8 heteroatoms. The van der Waals surface area contributed by atoms with E-state index < -0.39 is 5.97 Å². The number of ether oxygens (including phenoxy) is 2. The highest BCUT2D eigenvalue weighted by Gasteiger charge is 2.19. The van der Waals surface area contributed by atoms with Crippen LogP contribution in [0.25, 0.3) is 26.7 Å². The third-order valence-corrected chi connectivity index (χ3v) is 6.86. The van der Waals surface area contributed by atoms with Gasteiger partial charge in [-0.3, -0.25) is 4.79 Å². The summed E-state index contributed by atoms with van der Waals surface area (Å²) in [7, 11) is 1.61. The maximum atomic E-state index is 12.7. The van der Waals surface area contributed by atoms with Crippen LogP contribution in [0.5, 0.6) is 5.75 Å². The summed E-state index contributed by atoms with van der Waals surface area (Å²) >= 11 is 7.27. The molecule has 0 spiro atoms. The largest absolute Gasteiger partial charge is 0.497 e. The maximum Gasteiger partial charge on any atom is 0.348 e. The topological polar surface area (TPSA) is 70.4 Å². The van der Waals surface area contributed by atoms with E-state index in [4.69, 9.17) is 21.1 Å². The van der Waals surface area contributed by atoms with Gasteiger partial charge in [0.25, 0.3) is 0 Å². The molecule has 0 fully saturated rings. The van der Waals surface area contributed by atoms with Crippen molar-refractivity contribution in [2.24, 2.45) is 0 Å². The molecule has 34 heavy (non-hydrogen) atoms. The molecule has 170 valence electrons. The molecule has 5 rings (SSSR count). The zero-order chi connectivity index (χ0) is 23.8. The zero-order valence-corrected chi connectivity index (χ0v) is 19.9. The highest BCUT2D eigenvalue weighted by Crippen LogP contribution is 2.31. The average molecular weight is 491 g/mol. The first kappa shape index (κ1) is 22.1. The van der Waals surface area contributed by atoms with Crippen molar-refractivity contribution in [1.29, 1.82) is 0 Å². The second-order valence-electron chi connectivity index (χ2n) is 7.73. The first-order valence-electron chi connectivity index (χ1n) is 10.5. The SMILES string of the molecule is COc1ccc2cc(C(=O)COC(=O)c3cc4c(C)nn(-c5ccc(Cl)cc5)c4s3)ccc2c1. The predicted molar refractivity (Wildman–Crippen MR) is 134 cm³/mol. The minimum atomic E-state index is -0.540. The van der Waals surface area contributed by atoms with Gasteiger partial charge in [-0.15, -0.1) is 11.3 Å². The van der Waals surface area contributed by atoms with Gasteiger partial charge in [0.1, 0.15) is 15.5 Å². The summed E-state index contributed by atoms with van der Waals surface area (Å²) in [5.41, 5.74) is 2.12. The minimum absolute atomic E-state index is 0.268. The third-order valence-electron chi connectivity index (χ3n) is 5.52. The molecule has 0 atom stereocenters. The molecule has 0 aliphatic heterocycles. The molecule has 0 saturated heterocycles. The lowest BCUT2D eigenvalue weighted by Crippen LogP contribution is -2.13. The van der Waals surface area contributed by atoms with Gasteiger partial charge in [0.05, 0.1) is 18.5 Å². The van der Waals surface area contributed by atoms with Crippen LogP contribution in [0.15, 0.2) is 66.7 Å². The molecule has 6 nitrogen and oxygen atoms in total. The number of rotatable bonds is 6. The van der Waals surface area contributed by atoms with E-state index in [1.807, 2.05) is 43.3 Å². The molecular weight excluding hydrogens is 472 g/mol. The highest BCUT2D eigenvalue weighted by atomic mass is 35.5. The zero-order valence-electron chi connectivity index (χ0n) is 18.4. The van der Waals surface area contributed by atoms with Crippen molar-refractivity contribution < 1.29 is 19.1 Å². The van der Waals surface area contributed by atoms with Crippen LogP contribution in [0.3, 0.4) is 0 Å². The lowest BCUT2D eigenvalue weighted by atomic mass is 10.0. The number of carbonyl (C=O) groups is 2. The summed E-state index contributed by atoms with van der Waals surface area (Å²) in [4.78, 5) is 26.6. The van der Waals surface area contributed by atoms with Crippen LogP contribution in [0.1, 0.15) is 25.7 Å². The highest BCUT2D eigenvalue weighted by molar-refractivity contribution is 7.20. The number of esters is 1. The Bertz CT molecular complexity index is 1550. The fourth-order valence-electron chi connectivity index (χ4n) is 3.71. The summed E-state index contributed by atoms with van der Waals surface area (Å²) in [6.45, 7) is 1.55. The van der Waals surface area contributed by atoms with Gasteiger partial charge in [0.15, 0.2) is 12.4 Å². The Balaban J connectivity index is 1.33. The van der Waals surface area contributed by atoms with Gasteiger partial charge < -0.3 is 9.47 Å². The Morgan fingerprint density at radius 1 is 1.00 bits per heavy atom. The maximum absolute atomic E-state index is 12.7. The Kier molecular flexibility index (Phi) is 5.81. The Hall–Kier alpha value is -3.68. The van der Waals surface area contributed by atoms with Crippen LogP contribution < -0.4 is 4.74 Å². The van der Waals surface area contributed by atoms with E-state index >= 15 is 0 Å². The molecule has 0 amide bonds. The second-order valence-corrected chi connectivity index (χ2v) is 9.20. The number of halogens is 1. The average Bonchev–Trinajstić information content (AvgIpc) is 3.43. The molecule has 0 saturated carbocycles. The molecule has 3 aromatic carbocycles. The van der Waals surface area contributed by atoms with E-state index in [2.05, 4.69) is 5.10 Å². The standard InChI is InChI=1S/C26H19ClN2O4S/c1-15-22-13-24(34-25(22)29(28-15)20-8-6-19(27)7-9-20)26(31)33-14-23(30)18-4-3-17-12-21(32-2)10-5-16(17)11-18/h3-13H,14H2,1-2H3. The molecule has 2 aromatic heterocycles. The predicted octanol–water partition coefficient (Wildman–Crippen LogP) is 6.25. The van der Waals surface area contributed by atoms with Crippen molar-refractivity contribution >= 4 is 55.7 Å². The van der Waals surface area contributed by atoms with Crippen molar-refractivity contribution in [1.82, 2.24) is 9.78 Å². The fourth-order valence-corrected chi connectivity index (χ4v) is 4.92. The van der Waals surface area contributed by atoms with E-state index in [1.54, 1.807) is 42.1 Å². The van der Waals surface area contributed by atoms with E-state index in [9.17, 15) is 9.59 Å². The number of hydrogen-bond acceptors (Lipinski definition) is 6. The summed E-state index contributed by atoms with van der Waals surface area (Å²) in [6.07, 6.45) is 0. The monoisotopic (exact) mass is 490 g/mol. The first-order chi connectivity index (χ1) is 16.4. The molecule has 0 unspecified atom stereocenters. The minimum Gasteiger partial charge on any atom is -0.497 e. The van der Waals surface area contributed by atoms with Crippen molar-refractivity contribution in [2.75, 3.05) is 13.7 Å². The fraction of sp³-hybridized carbons (Fsp3) is 0.115. The third kappa shape index (κ3) is 4.16. The summed E-state index contributed by atoms with van der Waals surface area (Å²) in [5, 5.41) is 7.94. The van der Waals surface area contributed by atoms with Crippen LogP contribution in [0.2, 0.25) is 5.02 Å². The van der Waals surface area contributed by atoms with Gasteiger partial charge >= 0.3 is 5.97 Å². The molecule has 0 N–H and O–H groups in total. The smallest absolute Gasteiger partial charge is 0.348 e. The van der Waals surface area contributed by atoms with Crippen LogP contribution in [-0.2, 0) is 4.74 Å². The van der Waals surface area contributed by atoms with Crippen LogP contribution >= 0.6 is 22.9 Å². The number of methoxy groups -OCH3 is 1. The van der Waals surface area contributed by atoms with Crippen LogP contribution in [0, 0.1) is 6.92 Å². The number of aryl methyl sites for hydroxylation is 1. The summed E-state index contributed by atoms with van der Waals surface area (Å²) < 4.78 is 12.4. The Labute approximate surface area is 204 Å². The second kappa shape index (κ2) is 8.93. The number of ketones is 1. The van der Waals surface area contributed by atoms with Gasteiger partial charge in [0.2, 0.25) is 0 Å². The number of benzene rings is 3. The van der Waals surface area contributed by atoms with Crippen molar-refractivity contribution in [3.8, 4) is 11.4 Å². The van der Waals surface area contributed by atoms with Crippen LogP contribution in [-0.4, -0.2) is 35.2 Å². The van der Waals surface area contributed by atoms with Gasteiger partial charge in [0, 0.05) is 16.0 Å². The van der Waals surface area contributed by atoms with Gasteiger partial charge in [-0.1, -0.05) is 29.8 Å². The van der Waals surface area contributed by atoms with E-state index in [0.29, 0.717) is 15.5 Å². The van der Waals surface area contributed by atoms with Gasteiger partial charge in [-0.2, -0.15) is 5.10 Å². The van der Waals surface area contributed by atoms with Crippen molar-refractivity contribution in [2.45, 2.75) is 6.92 Å². The summed E-state index contributed by atoms with van der Waals surface area (Å²) in [6, 6.07) is 20.1. The number of carbonyl (C=O) groups excluding carboxylic acids is 2. The van der Waals surface area contributed by atoms with Gasteiger partial charge in [-0.05, 0) is 66.2 Å². The first-order valence-corrected chi connectivity index (χ1v) is 11.7. The quantitative estimate of drug-likeness (QED) is 0.208. The number of fused-ring (bicyclic) bond motifs is 2. The molecule has 5 aromatic rings. The lowest BCUT2D eigenvalue weighted by Gasteiger charge is -2.06. The number of Topliss-reactive ketones (excluding diaryl/α,β-unsaturated/α-hetero) is 1. The van der Waals surface area contributed by atoms with E-state index in [-0.39, 0.29) is 12.4 Å². The normalized spacial score (nSPS) is 11.1. The number of aromatic nitrogens is 2. The molecular formula is C26H19ClN2O4S. The Morgan fingerprint density at radius 2 is 1.74 bits per heavy atom.